The first-order valence-electron chi connectivity index (χ1n) is 12.9. The van der Waals surface area contributed by atoms with Crippen LogP contribution in [0.25, 0.3) is 11.1 Å². The van der Waals surface area contributed by atoms with Crippen molar-refractivity contribution in [3.05, 3.63) is 59.7 Å². The second kappa shape index (κ2) is 11.1. The van der Waals surface area contributed by atoms with E-state index in [2.05, 4.69) is 24.3 Å². The average molecular weight is 493 g/mol. The molecule has 2 amide bonds. The standard InChI is InChI=1S/C29H36N2O5/c1-19(2)17-26(28(33)34)31-16-10-4-5-15-25(27(31)32)30(3)29(35)36-18-24-22-13-8-6-11-20(22)21-12-7-9-14-23(21)24/h6-9,11-14,19,24-26H,4-5,10,15-18H2,1-3H3,(H,33,34)/t25-,26-/m0/s1. The highest BCUT2D eigenvalue weighted by Gasteiger charge is 2.38. The summed E-state index contributed by atoms with van der Waals surface area (Å²) in [6.45, 7) is 4.46. The van der Waals surface area contributed by atoms with Crippen LogP contribution in [0.15, 0.2) is 48.5 Å². The summed E-state index contributed by atoms with van der Waals surface area (Å²) in [6, 6.07) is 14.7. The fourth-order valence-corrected chi connectivity index (χ4v) is 5.52. The van der Waals surface area contributed by atoms with Crippen molar-refractivity contribution < 1.29 is 24.2 Å². The lowest BCUT2D eigenvalue weighted by molar-refractivity contribution is -0.153. The zero-order valence-electron chi connectivity index (χ0n) is 21.4. The molecule has 1 saturated heterocycles. The number of carbonyl (C=O) groups is 3. The van der Waals surface area contributed by atoms with Gasteiger partial charge >= 0.3 is 12.1 Å². The number of likely N-dealkylation sites (N-methyl/N-ethyl adjacent to an activating group) is 1. The fourth-order valence-electron chi connectivity index (χ4n) is 5.52. The zero-order valence-corrected chi connectivity index (χ0v) is 21.4. The molecular weight excluding hydrogens is 456 g/mol. The molecule has 1 fully saturated rings. The molecule has 7 heteroatoms. The molecule has 36 heavy (non-hydrogen) atoms. The van der Waals surface area contributed by atoms with E-state index in [0.717, 1.165) is 41.5 Å². The summed E-state index contributed by atoms with van der Waals surface area (Å²) in [4.78, 5) is 41.6. The first-order chi connectivity index (χ1) is 17.3. The smallest absolute Gasteiger partial charge is 0.410 e. The Bertz CT molecular complexity index is 1070. The maximum atomic E-state index is 13.6. The molecular formula is C29H36N2O5. The van der Waals surface area contributed by atoms with E-state index in [0.29, 0.717) is 19.4 Å². The highest BCUT2D eigenvalue weighted by Crippen LogP contribution is 2.44. The Morgan fingerprint density at radius 2 is 1.64 bits per heavy atom. The Hall–Kier alpha value is -3.35. The van der Waals surface area contributed by atoms with Crippen molar-refractivity contribution in [2.75, 3.05) is 20.2 Å². The van der Waals surface area contributed by atoms with Crippen LogP contribution in [0.3, 0.4) is 0 Å². The van der Waals surface area contributed by atoms with Crippen LogP contribution >= 0.6 is 0 Å². The summed E-state index contributed by atoms with van der Waals surface area (Å²) in [7, 11) is 1.58. The van der Waals surface area contributed by atoms with E-state index in [4.69, 9.17) is 4.74 Å². The van der Waals surface area contributed by atoms with Gasteiger partial charge in [-0.2, -0.15) is 0 Å². The number of benzene rings is 2. The number of carboxylic acids is 1. The van der Waals surface area contributed by atoms with Crippen LogP contribution in [0.5, 0.6) is 0 Å². The summed E-state index contributed by atoms with van der Waals surface area (Å²) >= 11 is 0. The van der Waals surface area contributed by atoms with Gasteiger partial charge < -0.3 is 14.7 Å². The predicted molar refractivity (Wildman–Crippen MR) is 138 cm³/mol. The maximum absolute atomic E-state index is 13.6. The third-order valence-electron chi connectivity index (χ3n) is 7.39. The summed E-state index contributed by atoms with van der Waals surface area (Å²) in [5.41, 5.74) is 4.55. The number of fused-ring (bicyclic) bond motifs is 3. The minimum Gasteiger partial charge on any atom is -0.480 e. The van der Waals surface area contributed by atoms with Crippen LogP contribution in [0.1, 0.15) is 63.0 Å². The summed E-state index contributed by atoms with van der Waals surface area (Å²) in [5, 5.41) is 9.85. The number of ether oxygens (including phenoxy) is 1. The highest BCUT2D eigenvalue weighted by atomic mass is 16.6. The van der Waals surface area contributed by atoms with Crippen molar-refractivity contribution in [1.29, 1.82) is 0 Å². The van der Waals surface area contributed by atoms with Crippen molar-refractivity contribution in [2.24, 2.45) is 5.92 Å². The molecule has 0 spiro atoms. The molecule has 0 aromatic heterocycles. The normalized spacial score (nSPS) is 18.7. The molecule has 0 saturated carbocycles. The van der Waals surface area contributed by atoms with Crippen LogP contribution in [0.4, 0.5) is 4.79 Å². The second-order valence-electron chi connectivity index (χ2n) is 10.3. The minimum absolute atomic E-state index is 0.0679. The van der Waals surface area contributed by atoms with Crippen molar-refractivity contribution in [2.45, 2.75) is 64.0 Å². The molecule has 7 nitrogen and oxygen atoms in total. The van der Waals surface area contributed by atoms with Gasteiger partial charge in [0.05, 0.1) is 0 Å². The molecule has 0 bridgehead atoms. The Labute approximate surface area is 213 Å². The quantitative estimate of drug-likeness (QED) is 0.578. The third kappa shape index (κ3) is 5.25. The first-order valence-corrected chi connectivity index (χ1v) is 12.9. The molecule has 1 aliphatic heterocycles. The molecule has 0 radical (unpaired) electrons. The lowest BCUT2D eigenvalue weighted by Crippen LogP contribution is -2.55. The van der Waals surface area contributed by atoms with Crippen molar-refractivity contribution >= 4 is 18.0 Å². The minimum atomic E-state index is -1.000. The Balaban J connectivity index is 1.49. The fraction of sp³-hybridized carbons (Fsp3) is 0.483. The highest BCUT2D eigenvalue weighted by molar-refractivity contribution is 5.89. The molecule has 192 valence electrons. The number of hydrogen-bond acceptors (Lipinski definition) is 4. The SMILES string of the molecule is CC(C)C[C@@H](C(=O)O)N1CCCCC[C@H](N(C)C(=O)OCC2c3ccccc3-c3ccccc32)C1=O. The second-order valence-corrected chi connectivity index (χ2v) is 10.3. The number of likely N-dealkylation sites (tertiary alicyclic amines) is 1. The van der Waals surface area contributed by atoms with Gasteiger partial charge in [0.15, 0.2) is 0 Å². The zero-order chi connectivity index (χ0) is 25.8. The molecule has 4 rings (SSSR count). The van der Waals surface area contributed by atoms with E-state index < -0.39 is 24.1 Å². The van der Waals surface area contributed by atoms with Gasteiger partial charge in [-0.3, -0.25) is 9.69 Å². The van der Waals surface area contributed by atoms with E-state index >= 15 is 0 Å². The van der Waals surface area contributed by atoms with Gasteiger partial charge in [0.2, 0.25) is 5.91 Å². The molecule has 1 heterocycles. The van der Waals surface area contributed by atoms with Crippen LogP contribution in [0.2, 0.25) is 0 Å². The number of amides is 2. The topological polar surface area (TPSA) is 87.2 Å². The van der Waals surface area contributed by atoms with Crippen LogP contribution in [-0.4, -0.2) is 65.2 Å². The molecule has 1 N–H and O–H groups in total. The van der Waals surface area contributed by atoms with Gasteiger partial charge in [-0.05, 0) is 47.4 Å². The Morgan fingerprint density at radius 3 is 2.22 bits per heavy atom. The van der Waals surface area contributed by atoms with Crippen LogP contribution in [-0.2, 0) is 14.3 Å². The summed E-state index contributed by atoms with van der Waals surface area (Å²) < 4.78 is 5.78. The largest absolute Gasteiger partial charge is 0.480 e. The van der Waals surface area contributed by atoms with Crippen LogP contribution < -0.4 is 0 Å². The molecule has 0 unspecified atom stereocenters. The van der Waals surface area contributed by atoms with Crippen molar-refractivity contribution in [1.82, 2.24) is 9.80 Å². The lowest BCUT2D eigenvalue weighted by Gasteiger charge is -2.37. The van der Waals surface area contributed by atoms with Gasteiger partial charge in [0, 0.05) is 19.5 Å². The Morgan fingerprint density at radius 1 is 1.03 bits per heavy atom. The third-order valence-corrected chi connectivity index (χ3v) is 7.39. The Kier molecular flexibility index (Phi) is 7.97. The van der Waals surface area contributed by atoms with Crippen molar-refractivity contribution in [3.63, 3.8) is 0 Å². The van der Waals surface area contributed by atoms with Crippen molar-refractivity contribution in [3.8, 4) is 11.1 Å². The van der Waals surface area contributed by atoms with Gasteiger partial charge in [-0.15, -0.1) is 0 Å². The first kappa shape index (κ1) is 25.7. The van der Waals surface area contributed by atoms with E-state index in [-0.39, 0.29) is 24.3 Å². The van der Waals surface area contributed by atoms with Crippen LogP contribution in [0, 0.1) is 5.92 Å². The molecule has 2 aromatic carbocycles. The van der Waals surface area contributed by atoms with Gasteiger partial charge in [-0.1, -0.05) is 75.2 Å². The number of rotatable bonds is 7. The molecule has 2 atom stereocenters. The number of carbonyl (C=O) groups excluding carboxylic acids is 2. The van der Waals surface area contributed by atoms with E-state index in [1.165, 1.54) is 9.80 Å². The maximum Gasteiger partial charge on any atom is 0.410 e. The molecule has 2 aromatic rings. The van der Waals surface area contributed by atoms with Gasteiger partial charge in [0.1, 0.15) is 18.7 Å². The molecule has 1 aliphatic carbocycles. The summed E-state index contributed by atoms with van der Waals surface area (Å²) in [5.74, 6) is -1.25. The predicted octanol–water partition coefficient (Wildman–Crippen LogP) is 5.14. The van der Waals surface area contributed by atoms with E-state index in [1.54, 1.807) is 7.05 Å². The van der Waals surface area contributed by atoms with E-state index in [9.17, 15) is 19.5 Å². The number of carboxylic acid groups (broad SMARTS) is 1. The van der Waals surface area contributed by atoms with Gasteiger partial charge in [-0.25, -0.2) is 9.59 Å². The summed E-state index contributed by atoms with van der Waals surface area (Å²) in [6.07, 6.45) is 2.74. The molecule has 2 aliphatic rings. The number of aliphatic carboxylic acids is 1. The number of hydrogen-bond donors (Lipinski definition) is 1. The number of nitrogens with zero attached hydrogens (tertiary/aromatic N) is 2. The van der Waals surface area contributed by atoms with Gasteiger partial charge in [0.25, 0.3) is 0 Å². The lowest BCUT2D eigenvalue weighted by atomic mass is 9.97. The average Bonchev–Trinajstić information content (AvgIpc) is 3.17. The van der Waals surface area contributed by atoms with E-state index in [1.807, 2.05) is 38.1 Å². The monoisotopic (exact) mass is 492 g/mol.